The first-order valence-electron chi connectivity index (χ1n) is 5.39. The summed E-state index contributed by atoms with van der Waals surface area (Å²) in [6, 6.07) is 14.2. The van der Waals surface area contributed by atoms with Crippen LogP contribution in [0.4, 0.5) is 0 Å². The van der Waals surface area contributed by atoms with Crippen LogP contribution >= 0.6 is 0 Å². The van der Waals surface area contributed by atoms with Crippen LogP contribution in [0.25, 0.3) is 0 Å². The topological polar surface area (TPSA) is 57.5 Å². The van der Waals surface area contributed by atoms with Gasteiger partial charge in [-0.05, 0) is 43.2 Å². The van der Waals surface area contributed by atoms with Gasteiger partial charge in [0.05, 0.1) is 0 Å². The summed E-state index contributed by atoms with van der Waals surface area (Å²) in [5.74, 6) is 0.706. The van der Waals surface area contributed by atoms with E-state index in [9.17, 15) is 0 Å². The maximum Gasteiger partial charge on any atom is 0.118 e. The molecule has 2 aromatic rings. The lowest BCUT2D eigenvalue weighted by molar-refractivity contribution is -0.0979. The molecule has 0 atom stereocenters. The summed E-state index contributed by atoms with van der Waals surface area (Å²) >= 11 is 0. The van der Waals surface area contributed by atoms with Crippen LogP contribution in [0.15, 0.2) is 48.5 Å². The highest BCUT2D eigenvalue weighted by Crippen LogP contribution is 2.17. The van der Waals surface area contributed by atoms with Gasteiger partial charge in [-0.1, -0.05) is 30.3 Å². The van der Waals surface area contributed by atoms with Gasteiger partial charge in [0.2, 0.25) is 0 Å². The van der Waals surface area contributed by atoms with Crippen molar-refractivity contribution in [3.63, 3.8) is 0 Å². The van der Waals surface area contributed by atoms with Gasteiger partial charge in [-0.15, -0.1) is 0 Å². The zero-order valence-corrected chi connectivity index (χ0v) is 10.6. The highest BCUT2D eigenvalue weighted by Gasteiger charge is 1.94. The number of hydrogen-bond acceptors (Lipinski definition) is 3. The average Bonchev–Trinajstić information content (AvgIpc) is 2.40. The molecule has 0 aliphatic rings. The molecule has 2 rings (SSSR count). The van der Waals surface area contributed by atoms with Gasteiger partial charge in [-0.3, -0.25) is 0 Å². The zero-order valence-electron chi connectivity index (χ0n) is 10.6. The number of benzene rings is 2. The Morgan fingerprint density at radius 3 is 1.72 bits per heavy atom. The standard InChI is InChI=1S/C8H10O.C6H6O.CH2O/c1-6-4-3-5-8(9)7(6)2;7-6-4-2-1-3-5-6;1-2/h3-5,9H,1-2H3;1-5,7H;1H2. The molecule has 0 aliphatic carbocycles. The number of rotatable bonds is 0. The van der Waals surface area contributed by atoms with E-state index in [0.717, 1.165) is 11.1 Å². The molecular weight excluding hydrogens is 228 g/mol. The molecule has 0 saturated carbocycles. The third kappa shape index (κ3) is 5.70. The molecule has 2 aromatic carbocycles. The number of aromatic hydroxyl groups is 2. The Bertz CT molecular complexity index is 432. The summed E-state index contributed by atoms with van der Waals surface area (Å²) in [4.78, 5) is 8.00. The Morgan fingerprint density at radius 2 is 1.39 bits per heavy atom. The molecule has 2 N–H and O–H groups in total. The SMILES string of the molecule is C=O.Cc1cccc(O)c1C.Oc1ccccc1. The third-order valence-corrected chi connectivity index (χ3v) is 2.33. The van der Waals surface area contributed by atoms with Crippen LogP contribution in [0.3, 0.4) is 0 Å². The number of carbonyl (C=O) groups excluding carboxylic acids is 1. The zero-order chi connectivity index (χ0) is 14.0. The van der Waals surface area contributed by atoms with Gasteiger partial charge in [0.15, 0.2) is 0 Å². The maximum absolute atomic E-state index is 9.10. The molecule has 0 aromatic heterocycles. The van der Waals surface area contributed by atoms with Crippen molar-refractivity contribution < 1.29 is 15.0 Å². The van der Waals surface area contributed by atoms with Gasteiger partial charge < -0.3 is 15.0 Å². The van der Waals surface area contributed by atoms with E-state index in [0.29, 0.717) is 11.5 Å². The van der Waals surface area contributed by atoms with Gasteiger partial charge in [0.25, 0.3) is 0 Å². The van der Waals surface area contributed by atoms with E-state index in [1.807, 2.05) is 38.8 Å². The van der Waals surface area contributed by atoms with Gasteiger partial charge in [-0.2, -0.15) is 0 Å². The summed E-state index contributed by atoms with van der Waals surface area (Å²) in [7, 11) is 0. The summed E-state index contributed by atoms with van der Waals surface area (Å²) < 4.78 is 0. The lowest BCUT2D eigenvalue weighted by atomic mass is 10.1. The minimum atomic E-state index is 0.322. The van der Waals surface area contributed by atoms with Crippen molar-refractivity contribution >= 4 is 6.79 Å². The van der Waals surface area contributed by atoms with Crippen LogP contribution in [-0.2, 0) is 4.79 Å². The second kappa shape index (κ2) is 8.82. The molecular formula is C15H18O3. The molecule has 0 bridgehead atoms. The number of para-hydroxylation sites is 1. The lowest BCUT2D eigenvalue weighted by Crippen LogP contribution is -1.78. The smallest absolute Gasteiger partial charge is 0.118 e. The highest BCUT2D eigenvalue weighted by molar-refractivity contribution is 5.36. The molecule has 0 heterocycles. The van der Waals surface area contributed by atoms with E-state index in [2.05, 4.69) is 0 Å². The van der Waals surface area contributed by atoms with Crippen molar-refractivity contribution in [3.8, 4) is 11.5 Å². The van der Waals surface area contributed by atoms with Gasteiger partial charge in [0.1, 0.15) is 18.3 Å². The number of carbonyl (C=O) groups is 1. The Morgan fingerprint density at radius 1 is 0.833 bits per heavy atom. The molecule has 3 heteroatoms. The van der Waals surface area contributed by atoms with Gasteiger partial charge in [-0.25, -0.2) is 0 Å². The van der Waals surface area contributed by atoms with Crippen molar-refractivity contribution in [3.05, 3.63) is 59.7 Å². The molecule has 0 aliphatic heterocycles. The Hall–Kier alpha value is -2.29. The number of phenolic OH excluding ortho intramolecular Hbond substituents is 2. The van der Waals surface area contributed by atoms with Crippen LogP contribution in [0, 0.1) is 13.8 Å². The van der Waals surface area contributed by atoms with Crippen LogP contribution in [-0.4, -0.2) is 17.0 Å². The summed E-state index contributed by atoms with van der Waals surface area (Å²) in [5, 5.41) is 17.7. The second-order valence-electron chi connectivity index (χ2n) is 3.55. The molecule has 0 radical (unpaired) electrons. The predicted octanol–water partition coefficient (Wildman–Crippen LogP) is 3.22. The minimum Gasteiger partial charge on any atom is -0.508 e. The quantitative estimate of drug-likeness (QED) is 0.750. The number of hydrogen-bond donors (Lipinski definition) is 2. The van der Waals surface area contributed by atoms with Gasteiger partial charge in [0, 0.05) is 0 Å². The van der Waals surface area contributed by atoms with Crippen LogP contribution in [0.5, 0.6) is 11.5 Å². The van der Waals surface area contributed by atoms with Crippen molar-refractivity contribution in [1.82, 2.24) is 0 Å². The highest BCUT2D eigenvalue weighted by atomic mass is 16.3. The van der Waals surface area contributed by atoms with E-state index >= 15 is 0 Å². The van der Waals surface area contributed by atoms with Crippen LogP contribution < -0.4 is 0 Å². The molecule has 3 nitrogen and oxygen atoms in total. The van der Waals surface area contributed by atoms with Crippen molar-refractivity contribution in [1.29, 1.82) is 0 Å². The maximum atomic E-state index is 9.10. The van der Waals surface area contributed by atoms with Crippen LogP contribution in [0.2, 0.25) is 0 Å². The monoisotopic (exact) mass is 246 g/mol. The fraction of sp³-hybridized carbons (Fsp3) is 0.133. The fourth-order valence-corrected chi connectivity index (χ4v) is 1.16. The first-order chi connectivity index (χ1) is 8.61. The Balaban J connectivity index is 0.000000289. The van der Waals surface area contributed by atoms with Gasteiger partial charge >= 0.3 is 0 Å². The first kappa shape index (κ1) is 15.7. The van der Waals surface area contributed by atoms with E-state index < -0.39 is 0 Å². The Kier molecular flexibility index (Phi) is 7.69. The molecule has 0 saturated heterocycles. The molecule has 0 amide bonds. The summed E-state index contributed by atoms with van der Waals surface area (Å²) in [6.45, 7) is 5.89. The fourth-order valence-electron chi connectivity index (χ4n) is 1.16. The normalized spacial score (nSPS) is 8.33. The largest absolute Gasteiger partial charge is 0.508 e. The van der Waals surface area contributed by atoms with E-state index in [1.165, 1.54) is 0 Å². The molecule has 96 valence electrons. The molecule has 0 spiro atoms. The van der Waals surface area contributed by atoms with E-state index in [-0.39, 0.29) is 0 Å². The predicted molar refractivity (Wildman–Crippen MR) is 72.8 cm³/mol. The first-order valence-corrected chi connectivity index (χ1v) is 5.39. The van der Waals surface area contributed by atoms with Crippen molar-refractivity contribution in [2.75, 3.05) is 0 Å². The van der Waals surface area contributed by atoms with Crippen molar-refractivity contribution in [2.45, 2.75) is 13.8 Å². The number of phenols is 2. The third-order valence-electron chi connectivity index (χ3n) is 2.33. The molecule has 0 fully saturated rings. The summed E-state index contributed by atoms with van der Waals surface area (Å²) in [5.41, 5.74) is 2.10. The number of aryl methyl sites for hydroxylation is 1. The molecule has 18 heavy (non-hydrogen) atoms. The Labute approximate surface area is 107 Å². The van der Waals surface area contributed by atoms with Crippen LogP contribution in [0.1, 0.15) is 11.1 Å². The van der Waals surface area contributed by atoms with E-state index in [1.54, 1.807) is 30.3 Å². The lowest BCUT2D eigenvalue weighted by Gasteiger charge is -1.99. The molecule has 0 unspecified atom stereocenters. The summed E-state index contributed by atoms with van der Waals surface area (Å²) in [6.07, 6.45) is 0. The second-order valence-corrected chi connectivity index (χ2v) is 3.55. The van der Waals surface area contributed by atoms with Crippen molar-refractivity contribution in [2.24, 2.45) is 0 Å². The van der Waals surface area contributed by atoms with E-state index in [4.69, 9.17) is 15.0 Å². The average molecular weight is 246 g/mol. The minimum absolute atomic E-state index is 0.322.